The Morgan fingerprint density at radius 1 is 1.21 bits per heavy atom. The lowest BCUT2D eigenvalue weighted by Crippen LogP contribution is -2.43. The monoisotopic (exact) mass is 330 g/mol. The van der Waals surface area contributed by atoms with Crippen LogP contribution >= 0.6 is 0 Å². The fourth-order valence-electron chi connectivity index (χ4n) is 3.37. The van der Waals surface area contributed by atoms with E-state index in [9.17, 15) is 14.7 Å². The van der Waals surface area contributed by atoms with Gasteiger partial charge in [-0.1, -0.05) is 24.3 Å². The summed E-state index contributed by atoms with van der Waals surface area (Å²) in [5.41, 5.74) is 1.14. The fourth-order valence-corrected chi connectivity index (χ4v) is 3.37. The number of aliphatic hydroxyl groups is 1. The summed E-state index contributed by atoms with van der Waals surface area (Å²) < 4.78 is 0. The molecule has 0 radical (unpaired) electrons. The highest BCUT2D eigenvalue weighted by atomic mass is 16.3. The molecule has 1 saturated carbocycles. The van der Waals surface area contributed by atoms with E-state index in [1.165, 1.54) is 5.56 Å². The van der Waals surface area contributed by atoms with Crippen molar-refractivity contribution in [3.8, 4) is 0 Å². The summed E-state index contributed by atoms with van der Waals surface area (Å²) in [7, 11) is 0. The molecule has 1 aromatic carbocycles. The molecule has 0 aromatic heterocycles. The van der Waals surface area contributed by atoms with Crippen molar-refractivity contribution in [3.05, 3.63) is 35.4 Å². The van der Waals surface area contributed by atoms with Crippen LogP contribution in [0.2, 0.25) is 0 Å². The number of amides is 2. The first-order chi connectivity index (χ1) is 11.6. The molecule has 0 spiro atoms. The van der Waals surface area contributed by atoms with Gasteiger partial charge in [-0.05, 0) is 49.7 Å². The number of hydrogen-bond acceptors (Lipinski definition) is 3. The molecule has 0 heterocycles. The van der Waals surface area contributed by atoms with E-state index in [1.54, 1.807) is 0 Å². The maximum atomic E-state index is 12.0. The van der Waals surface area contributed by atoms with Gasteiger partial charge in [0.25, 0.3) is 0 Å². The smallest absolute Gasteiger partial charge is 0.223 e. The Kier molecular flexibility index (Phi) is 5.19. The van der Waals surface area contributed by atoms with Gasteiger partial charge in [-0.15, -0.1) is 0 Å². The molecule has 0 bridgehead atoms. The minimum Gasteiger partial charge on any atom is -0.383 e. The Morgan fingerprint density at radius 3 is 2.79 bits per heavy atom. The van der Waals surface area contributed by atoms with Crippen LogP contribution in [0.15, 0.2) is 24.3 Å². The Bertz CT molecular complexity index is 612. The highest BCUT2D eigenvalue weighted by Crippen LogP contribution is 2.34. The molecule has 2 amide bonds. The molecule has 1 aromatic rings. The zero-order valence-corrected chi connectivity index (χ0v) is 14.0. The van der Waals surface area contributed by atoms with Gasteiger partial charge in [0.05, 0.1) is 6.54 Å². The number of nitrogens with one attached hydrogen (secondary N) is 2. The quantitative estimate of drug-likeness (QED) is 0.665. The van der Waals surface area contributed by atoms with Crippen molar-refractivity contribution >= 4 is 11.8 Å². The maximum Gasteiger partial charge on any atom is 0.223 e. The van der Waals surface area contributed by atoms with Crippen molar-refractivity contribution in [2.24, 2.45) is 5.92 Å². The highest BCUT2D eigenvalue weighted by Gasteiger charge is 2.34. The lowest BCUT2D eigenvalue weighted by atomic mass is 9.79. The van der Waals surface area contributed by atoms with Crippen LogP contribution in [0, 0.1) is 5.92 Å². The molecule has 24 heavy (non-hydrogen) atoms. The maximum absolute atomic E-state index is 12.0. The average molecular weight is 330 g/mol. The highest BCUT2D eigenvalue weighted by molar-refractivity contribution is 5.81. The molecule has 130 valence electrons. The van der Waals surface area contributed by atoms with Gasteiger partial charge in [-0.25, -0.2) is 0 Å². The summed E-state index contributed by atoms with van der Waals surface area (Å²) in [6.45, 7) is 0.785. The molecular formula is C19H26N2O3. The molecular weight excluding hydrogens is 304 g/mol. The molecule has 5 heteroatoms. The van der Waals surface area contributed by atoms with E-state index in [-0.39, 0.29) is 24.3 Å². The van der Waals surface area contributed by atoms with E-state index >= 15 is 0 Å². The molecule has 1 atom stereocenters. The van der Waals surface area contributed by atoms with Crippen LogP contribution in [0.25, 0.3) is 0 Å². The van der Waals surface area contributed by atoms with E-state index in [4.69, 9.17) is 0 Å². The minimum absolute atomic E-state index is 0.0767. The summed E-state index contributed by atoms with van der Waals surface area (Å²) in [5, 5.41) is 16.6. The van der Waals surface area contributed by atoms with Crippen molar-refractivity contribution in [2.45, 2.75) is 50.5 Å². The second kappa shape index (κ2) is 7.34. The number of carbonyl (C=O) groups is 2. The van der Waals surface area contributed by atoms with Gasteiger partial charge in [0.1, 0.15) is 5.60 Å². The van der Waals surface area contributed by atoms with Crippen LogP contribution in [0.3, 0.4) is 0 Å². The molecule has 0 aliphatic heterocycles. The Hall–Kier alpha value is -1.88. The van der Waals surface area contributed by atoms with Gasteiger partial charge in [0.15, 0.2) is 0 Å². The first-order valence-corrected chi connectivity index (χ1v) is 8.94. The second-order valence-electron chi connectivity index (χ2n) is 6.99. The van der Waals surface area contributed by atoms with Crippen LogP contribution in [0.1, 0.15) is 49.7 Å². The summed E-state index contributed by atoms with van der Waals surface area (Å²) in [6.07, 6.45) is 5.55. The molecule has 3 N–H and O–H groups in total. The molecule has 5 nitrogen and oxygen atoms in total. The third-order valence-electron chi connectivity index (χ3n) is 4.96. The lowest BCUT2D eigenvalue weighted by Gasteiger charge is -2.34. The number of rotatable bonds is 7. The summed E-state index contributed by atoms with van der Waals surface area (Å²) in [5.74, 6) is 0.245. The van der Waals surface area contributed by atoms with Crippen LogP contribution in [-0.2, 0) is 21.6 Å². The summed E-state index contributed by atoms with van der Waals surface area (Å²) in [4.78, 5) is 23.5. The zero-order chi connectivity index (χ0) is 17.0. The summed E-state index contributed by atoms with van der Waals surface area (Å²) in [6, 6.07) is 7.91. The Morgan fingerprint density at radius 2 is 2.00 bits per heavy atom. The van der Waals surface area contributed by atoms with Crippen molar-refractivity contribution < 1.29 is 14.7 Å². The van der Waals surface area contributed by atoms with Gasteiger partial charge in [-0.3, -0.25) is 9.59 Å². The van der Waals surface area contributed by atoms with Crippen LogP contribution < -0.4 is 10.6 Å². The lowest BCUT2D eigenvalue weighted by molar-refractivity contribution is -0.124. The number of carbonyl (C=O) groups excluding carboxylic acids is 2. The standard InChI is InChI=1S/C19H26N2O3/c22-17(8-4-12-20-18(23)15-9-10-15)21-13-19(24)11-3-6-14-5-1-2-7-16(14)19/h1-2,5,7,15,24H,3-4,6,8-13H2,(H,20,23)(H,21,22). The van der Waals surface area contributed by atoms with Gasteiger partial charge >= 0.3 is 0 Å². The Balaban J connectivity index is 1.42. The number of fused-ring (bicyclic) bond motifs is 1. The predicted octanol–water partition coefficient (Wildman–Crippen LogP) is 1.63. The SMILES string of the molecule is O=C(CCCNC(=O)C1CC1)NCC1(O)CCCc2ccccc21. The second-order valence-corrected chi connectivity index (χ2v) is 6.99. The Labute approximate surface area is 142 Å². The van der Waals surface area contributed by atoms with Gasteiger partial charge in [0.2, 0.25) is 11.8 Å². The molecule has 0 saturated heterocycles. The van der Waals surface area contributed by atoms with E-state index in [2.05, 4.69) is 10.6 Å². The van der Waals surface area contributed by atoms with E-state index in [0.717, 1.165) is 31.2 Å². The van der Waals surface area contributed by atoms with Gasteiger partial charge < -0.3 is 15.7 Å². The van der Waals surface area contributed by atoms with Crippen molar-refractivity contribution in [1.82, 2.24) is 10.6 Å². The van der Waals surface area contributed by atoms with Crippen LogP contribution in [0.5, 0.6) is 0 Å². The third-order valence-corrected chi connectivity index (χ3v) is 4.96. The fraction of sp³-hybridized carbons (Fsp3) is 0.579. The van der Waals surface area contributed by atoms with Gasteiger partial charge in [-0.2, -0.15) is 0 Å². The van der Waals surface area contributed by atoms with E-state index < -0.39 is 5.60 Å². The van der Waals surface area contributed by atoms with Crippen LogP contribution in [-0.4, -0.2) is 30.0 Å². The molecule has 1 unspecified atom stereocenters. The number of aryl methyl sites for hydroxylation is 1. The number of hydrogen-bond donors (Lipinski definition) is 3. The first kappa shape index (κ1) is 17.0. The average Bonchev–Trinajstić information content (AvgIpc) is 3.42. The van der Waals surface area contributed by atoms with Crippen molar-refractivity contribution in [3.63, 3.8) is 0 Å². The molecule has 2 aliphatic carbocycles. The zero-order valence-electron chi connectivity index (χ0n) is 14.0. The van der Waals surface area contributed by atoms with Crippen LogP contribution in [0.4, 0.5) is 0 Å². The van der Waals surface area contributed by atoms with Crippen molar-refractivity contribution in [1.29, 1.82) is 0 Å². The summed E-state index contributed by atoms with van der Waals surface area (Å²) >= 11 is 0. The van der Waals surface area contributed by atoms with Crippen molar-refractivity contribution in [2.75, 3.05) is 13.1 Å². The first-order valence-electron chi connectivity index (χ1n) is 8.94. The predicted molar refractivity (Wildman–Crippen MR) is 91.3 cm³/mol. The molecule has 1 fully saturated rings. The molecule has 2 aliphatic rings. The number of benzene rings is 1. The molecule has 3 rings (SSSR count). The largest absolute Gasteiger partial charge is 0.383 e. The normalized spacial score (nSPS) is 22.5. The van der Waals surface area contributed by atoms with E-state index in [0.29, 0.717) is 25.8 Å². The van der Waals surface area contributed by atoms with E-state index in [1.807, 2.05) is 24.3 Å². The topological polar surface area (TPSA) is 78.4 Å². The van der Waals surface area contributed by atoms with Gasteiger partial charge in [0, 0.05) is 18.9 Å². The third kappa shape index (κ3) is 4.15. The minimum atomic E-state index is -0.968.